The van der Waals surface area contributed by atoms with Crippen LogP contribution in [-0.4, -0.2) is 14.8 Å². The predicted octanol–water partition coefficient (Wildman–Crippen LogP) is 5.27. The molecule has 0 aliphatic carbocycles. The third-order valence-corrected chi connectivity index (χ3v) is 5.22. The second-order valence-corrected chi connectivity index (χ2v) is 7.09. The maximum Gasteiger partial charge on any atom is 0.191 e. The average molecular weight is 392 g/mol. The molecule has 0 spiro atoms. The van der Waals surface area contributed by atoms with Crippen LogP contribution in [0.5, 0.6) is 5.75 Å². The molecule has 0 saturated carbocycles. The SMILES string of the molecule is CCn1c(COc2cccc(C)c2)nnc1SCc1c(F)cccc1Cl. The maximum atomic E-state index is 13.9. The van der Waals surface area contributed by atoms with Crippen LogP contribution in [-0.2, 0) is 18.9 Å². The summed E-state index contributed by atoms with van der Waals surface area (Å²) in [5.74, 6) is 1.61. The van der Waals surface area contributed by atoms with E-state index in [0.717, 1.165) is 22.3 Å². The largest absolute Gasteiger partial charge is 0.486 e. The average Bonchev–Trinajstić information content (AvgIpc) is 3.01. The van der Waals surface area contributed by atoms with E-state index in [0.29, 0.717) is 29.5 Å². The number of hydrogen-bond acceptors (Lipinski definition) is 4. The van der Waals surface area contributed by atoms with Crippen LogP contribution < -0.4 is 4.74 Å². The normalized spacial score (nSPS) is 10.9. The lowest BCUT2D eigenvalue weighted by atomic mass is 10.2. The highest BCUT2D eigenvalue weighted by Gasteiger charge is 2.14. The predicted molar refractivity (Wildman–Crippen MR) is 102 cm³/mol. The zero-order chi connectivity index (χ0) is 18.5. The number of benzene rings is 2. The van der Waals surface area contributed by atoms with Crippen molar-refractivity contribution in [2.24, 2.45) is 0 Å². The number of thioether (sulfide) groups is 1. The second kappa shape index (κ2) is 8.56. The molecular formula is C19H19ClFN3OS. The molecule has 136 valence electrons. The first-order valence-electron chi connectivity index (χ1n) is 8.25. The first-order valence-corrected chi connectivity index (χ1v) is 9.62. The molecule has 0 atom stereocenters. The summed E-state index contributed by atoms with van der Waals surface area (Å²) in [6, 6.07) is 12.6. The molecular weight excluding hydrogens is 373 g/mol. The van der Waals surface area contributed by atoms with Crippen LogP contribution in [0.25, 0.3) is 0 Å². The topological polar surface area (TPSA) is 39.9 Å². The van der Waals surface area contributed by atoms with Crippen molar-refractivity contribution in [1.82, 2.24) is 14.8 Å². The van der Waals surface area contributed by atoms with Crippen molar-refractivity contribution in [1.29, 1.82) is 0 Å². The molecule has 0 saturated heterocycles. The Bertz CT molecular complexity index is 880. The van der Waals surface area contributed by atoms with Gasteiger partial charge in [-0.05, 0) is 43.7 Å². The van der Waals surface area contributed by atoms with Gasteiger partial charge in [-0.2, -0.15) is 0 Å². The van der Waals surface area contributed by atoms with Crippen molar-refractivity contribution < 1.29 is 9.13 Å². The summed E-state index contributed by atoms with van der Waals surface area (Å²) in [6.07, 6.45) is 0. The molecule has 2 aromatic carbocycles. The van der Waals surface area contributed by atoms with Gasteiger partial charge in [0.1, 0.15) is 18.2 Å². The van der Waals surface area contributed by atoms with Crippen LogP contribution in [0.1, 0.15) is 23.9 Å². The van der Waals surface area contributed by atoms with Crippen molar-refractivity contribution in [2.45, 2.75) is 37.9 Å². The van der Waals surface area contributed by atoms with Gasteiger partial charge in [0.05, 0.1) is 0 Å². The fourth-order valence-corrected chi connectivity index (χ4v) is 3.87. The molecule has 7 heteroatoms. The number of rotatable bonds is 7. The zero-order valence-electron chi connectivity index (χ0n) is 14.6. The highest BCUT2D eigenvalue weighted by molar-refractivity contribution is 7.98. The Hall–Kier alpha value is -2.05. The molecule has 0 radical (unpaired) electrons. The van der Waals surface area contributed by atoms with E-state index >= 15 is 0 Å². The van der Waals surface area contributed by atoms with Gasteiger partial charge in [-0.15, -0.1) is 10.2 Å². The minimum Gasteiger partial charge on any atom is -0.486 e. The summed E-state index contributed by atoms with van der Waals surface area (Å²) in [7, 11) is 0. The van der Waals surface area contributed by atoms with Crippen molar-refractivity contribution in [3.05, 3.63) is 70.3 Å². The number of hydrogen-bond donors (Lipinski definition) is 0. The van der Waals surface area contributed by atoms with E-state index in [-0.39, 0.29) is 5.82 Å². The van der Waals surface area contributed by atoms with Gasteiger partial charge >= 0.3 is 0 Å². The molecule has 0 fully saturated rings. The summed E-state index contributed by atoms with van der Waals surface area (Å²) in [5.41, 5.74) is 1.61. The Morgan fingerprint density at radius 3 is 2.73 bits per heavy atom. The van der Waals surface area contributed by atoms with E-state index in [9.17, 15) is 4.39 Å². The summed E-state index contributed by atoms with van der Waals surface area (Å²) >= 11 is 7.50. The Morgan fingerprint density at radius 1 is 1.19 bits per heavy atom. The van der Waals surface area contributed by atoms with Crippen LogP contribution in [0.3, 0.4) is 0 Å². The highest BCUT2D eigenvalue weighted by Crippen LogP contribution is 2.28. The van der Waals surface area contributed by atoms with E-state index in [4.69, 9.17) is 16.3 Å². The number of aromatic nitrogens is 3. The Kier molecular flexibility index (Phi) is 6.16. The highest BCUT2D eigenvalue weighted by atomic mass is 35.5. The summed E-state index contributed by atoms with van der Waals surface area (Å²) < 4.78 is 21.7. The standard InChI is InChI=1S/C19H19ClFN3OS/c1-3-24-18(11-25-14-7-4-6-13(2)10-14)22-23-19(24)26-12-15-16(20)8-5-9-17(15)21/h4-10H,3,11-12H2,1-2H3. The number of aryl methyl sites for hydroxylation is 1. The van der Waals surface area contributed by atoms with Gasteiger partial charge in [0.25, 0.3) is 0 Å². The number of ether oxygens (including phenoxy) is 1. The minimum absolute atomic E-state index is 0.310. The zero-order valence-corrected chi connectivity index (χ0v) is 16.1. The molecule has 0 N–H and O–H groups in total. The van der Waals surface area contributed by atoms with Gasteiger partial charge in [0, 0.05) is 22.9 Å². The van der Waals surface area contributed by atoms with Gasteiger partial charge in [0.15, 0.2) is 11.0 Å². The second-order valence-electron chi connectivity index (χ2n) is 5.74. The van der Waals surface area contributed by atoms with Gasteiger partial charge in [0.2, 0.25) is 0 Å². The molecule has 26 heavy (non-hydrogen) atoms. The summed E-state index contributed by atoms with van der Waals surface area (Å²) in [5, 5.41) is 9.58. The lowest BCUT2D eigenvalue weighted by Crippen LogP contribution is -2.07. The molecule has 3 aromatic rings. The van der Waals surface area contributed by atoms with Crippen LogP contribution in [0.4, 0.5) is 4.39 Å². The Balaban J connectivity index is 1.70. The van der Waals surface area contributed by atoms with E-state index < -0.39 is 0 Å². The van der Waals surface area contributed by atoms with Crippen LogP contribution in [0.15, 0.2) is 47.6 Å². The fourth-order valence-electron chi connectivity index (χ4n) is 2.51. The molecule has 1 heterocycles. The quantitative estimate of drug-likeness (QED) is 0.514. The maximum absolute atomic E-state index is 13.9. The van der Waals surface area contributed by atoms with Crippen LogP contribution >= 0.6 is 23.4 Å². The Morgan fingerprint density at radius 2 is 2.00 bits per heavy atom. The fraction of sp³-hybridized carbons (Fsp3) is 0.263. The first kappa shape index (κ1) is 18.7. The molecule has 1 aromatic heterocycles. The van der Waals surface area contributed by atoms with Gasteiger partial charge < -0.3 is 9.30 Å². The van der Waals surface area contributed by atoms with Gasteiger partial charge in [-0.3, -0.25) is 0 Å². The smallest absolute Gasteiger partial charge is 0.191 e. The van der Waals surface area contributed by atoms with Gasteiger partial charge in [-0.1, -0.05) is 41.6 Å². The monoisotopic (exact) mass is 391 g/mol. The first-order chi connectivity index (χ1) is 12.6. The Labute approximate surface area is 161 Å². The third-order valence-electron chi connectivity index (χ3n) is 3.87. The van der Waals surface area contributed by atoms with Crippen LogP contribution in [0, 0.1) is 12.7 Å². The van der Waals surface area contributed by atoms with Gasteiger partial charge in [-0.25, -0.2) is 4.39 Å². The molecule has 0 amide bonds. The summed E-state index contributed by atoms with van der Waals surface area (Å²) in [6.45, 7) is 5.06. The number of halogens is 2. The van der Waals surface area contributed by atoms with E-state index in [1.54, 1.807) is 12.1 Å². The van der Waals surface area contributed by atoms with E-state index in [2.05, 4.69) is 10.2 Å². The molecule has 0 aliphatic rings. The minimum atomic E-state index is -0.310. The van der Waals surface area contributed by atoms with E-state index in [1.165, 1.54) is 17.8 Å². The van der Waals surface area contributed by atoms with Crippen molar-refractivity contribution in [3.8, 4) is 5.75 Å². The number of nitrogens with zero attached hydrogens (tertiary/aromatic N) is 3. The molecule has 0 unspecified atom stereocenters. The van der Waals surface area contributed by atoms with Crippen LogP contribution in [0.2, 0.25) is 5.02 Å². The lowest BCUT2D eigenvalue weighted by molar-refractivity contribution is 0.288. The molecule has 0 bridgehead atoms. The van der Waals surface area contributed by atoms with Crippen molar-refractivity contribution in [2.75, 3.05) is 0 Å². The van der Waals surface area contributed by atoms with Crippen molar-refractivity contribution in [3.63, 3.8) is 0 Å². The van der Waals surface area contributed by atoms with E-state index in [1.807, 2.05) is 42.7 Å². The van der Waals surface area contributed by atoms with Crippen molar-refractivity contribution >= 4 is 23.4 Å². The third kappa shape index (κ3) is 4.37. The lowest BCUT2D eigenvalue weighted by Gasteiger charge is -2.10. The molecule has 4 nitrogen and oxygen atoms in total. The molecule has 0 aliphatic heterocycles. The molecule has 3 rings (SSSR count). The summed E-state index contributed by atoms with van der Waals surface area (Å²) in [4.78, 5) is 0.